The molecule has 0 aromatic carbocycles. The third-order valence-electron chi connectivity index (χ3n) is 4.01. The van der Waals surface area contributed by atoms with Crippen LogP contribution in [0.2, 0.25) is 0 Å². The number of aromatic carboxylic acids is 1. The van der Waals surface area contributed by atoms with Crippen molar-refractivity contribution in [1.29, 1.82) is 0 Å². The van der Waals surface area contributed by atoms with Crippen molar-refractivity contribution in [3.8, 4) is 0 Å². The molecule has 0 unspecified atom stereocenters. The monoisotopic (exact) mass is 262 g/mol. The number of hydrogen-bond acceptors (Lipinski definition) is 3. The predicted molar refractivity (Wildman–Crippen MR) is 75.4 cm³/mol. The Kier molecular flexibility index (Phi) is 4.77. The van der Waals surface area contributed by atoms with E-state index >= 15 is 0 Å². The standard InChI is InChI=1S/C15H22N2O2/c1-11-4-6-12(7-5-11)8-10-16-13-3-2-9-17-14(13)15(18)19/h2-3,9,11-12,16H,4-8,10H2,1H3,(H,18,19). The van der Waals surface area contributed by atoms with Gasteiger partial charge in [-0.15, -0.1) is 0 Å². The number of anilines is 1. The first kappa shape index (κ1) is 13.8. The lowest BCUT2D eigenvalue weighted by atomic mass is 9.81. The lowest BCUT2D eigenvalue weighted by Crippen LogP contribution is -2.16. The van der Waals surface area contributed by atoms with E-state index in [9.17, 15) is 4.79 Å². The van der Waals surface area contributed by atoms with Crippen molar-refractivity contribution in [3.63, 3.8) is 0 Å². The summed E-state index contributed by atoms with van der Waals surface area (Å²) in [4.78, 5) is 14.9. The second kappa shape index (κ2) is 6.55. The normalized spacial score (nSPS) is 23.0. The van der Waals surface area contributed by atoms with Gasteiger partial charge in [0.25, 0.3) is 0 Å². The molecule has 104 valence electrons. The van der Waals surface area contributed by atoms with E-state index in [0.29, 0.717) is 5.69 Å². The first-order chi connectivity index (χ1) is 9.16. The van der Waals surface area contributed by atoms with Crippen LogP contribution < -0.4 is 5.32 Å². The van der Waals surface area contributed by atoms with Gasteiger partial charge in [0, 0.05) is 12.7 Å². The number of aromatic nitrogens is 1. The molecule has 2 rings (SSSR count). The molecule has 0 radical (unpaired) electrons. The first-order valence-electron chi connectivity index (χ1n) is 7.09. The van der Waals surface area contributed by atoms with Gasteiger partial charge in [0.15, 0.2) is 5.69 Å². The van der Waals surface area contributed by atoms with E-state index in [1.54, 1.807) is 12.1 Å². The minimum atomic E-state index is -0.977. The van der Waals surface area contributed by atoms with E-state index in [0.717, 1.165) is 24.8 Å². The van der Waals surface area contributed by atoms with Gasteiger partial charge in [0.05, 0.1) is 5.69 Å². The molecule has 1 aromatic heterocycles. The summed E-state index contributed by atoms with van der Waals surface area (Å²) >= 11 is 0. The molecule has 0 aliphatic heterocycles. The van der Waals surface area contributed by atoms with Crippen molar-refractivity contribution in [1.82, 2.24) is 4.98 Å². The maximum absolute atomic E-state index is 11.0. The minimum absolute atomic E-state index is 0.111. The molecule has 0 spiro atoms. The molecule has 1 fully saturated rings. The van der Waals surface area contributed by atoms with E-state index < -0.39 is 5.97 Å². The topological polar surface area (TPSA) is 62.2 Å². The summed E-state index contributed by atoms with van der Waals surface area (Å²) in [5, 5.41) is 12.3. The number of nitrogens with one attached hydrogen (secondary N) is 1. The zero-order valence-electron chi connectivity index (χ0n) is 11.4. The molecular weight excluding hydrogens is 240 g/mol. The summed E-state index contributed by atoms with van der Waals surface area (Å²) in [5.74, 6) is 0.685. The van der Waals surface area contributed by atoms with Crippen molar-refractivity contribution in [2.75, 3.05) is 11.9 Å². The van der Waals surface area contributed by atoms with Crippen LogP contribution >= 0.6 is 0 Å². The van der Waals surface area contributed by atoms with Crippen LogP contribution in [0.5, 0.6) is 0 Å². The maximum Gasteiger partial charge on any atom is 0.356 e. The maximum atomic E-state index is 11.0. The van der Waals surface area contributed by atoms with Gasteiger partial charge in [-0.3, -0.25) is 0 Å². The van der Waals surface area contributed by atoms with Crippen molar-refractivity contribution >= 4 is 11.7 Å². The Balaban J connectivity index is 1.81. The van der Waals surface area contributed by atoms with Crippen LogP contribution in [0.15, 0.2) is 18.3 Å². The van der Waals surface area contributed by atoms with Gasteiger partial charge in [-0.2, -0.15) is 0 Å². The van der Waals surface area contributed by atoms with Crippen LogP contribution in [0, 0.1) is 11.8 Å². The number of carboxylic acid groups (broad SMARTS) is 1. The van der Waals surface area contributed by atoms with Gasteiger partial charge >= 0.3 is 5.97 Å². The Morgan fingerprint density at radius 1 is 1.42 bits per heavy atom. The lowest BCUT2D eigenvalue weighted by Gasteiger charge is -2.26. The molecular formula is C15H22N2O2. The van der Waals surface area contributed by atoms with Gasteiger partial charge in [-0.1, -0.05) is 32.6 Å². The highest BCUT2D eigenvalue weighted by Crippen LogP contribution is 2.30. The van der Waals surface area contributed by atoms with Gasteiger partial charge < -0.3 is 10.4 Å². The molecule has 2 N–H and O–H groups in total. The number of pyridine rings is 1. The van der Waals surface area contributed by atoms with Crippen molar-refractivity contribution in [2.45, 2.75) is 39.0 Å². The van der Waals surface area contributed by atoms with Crippen LogP contribution in [0.1, 0.15) is 49.5 Å². The number of carboxylic acids is 1. The quantitative estimate of drug-likeness (QED) is 0.853. The summed E-state index contributed by atoms with van der Waals surface area (Å²) in [5.41, 5.74) is 0.735. The summed E-state index contributed by atoms with van der Waals surface area (Å²) in [6.45, 7) is 3.15. The summed E-state index contributed by atoms with van der Waals surface area (Å²) in [7, 11) is 0. The Morgan fingerprint density at radius 2 is 2.16 bits per heavy atom. The number of nitrogens with zero attached hydrogens (tertiary/aromatic N) is 1. The van der Waals surface area contributed by atoms with Crippen LogP contribution in [0.4, 0.5) is 5.69 Å². The summed E-state index contributed by atoms with van der Waals surface area (Å²) < 4.78 is 0. The number of rotatable bonds is 5. The van der Waals surface area contributed by atoms with Gasteiger partial charge in [-0.05, 0) is 30.4 Å². The molecule has 1 aliphatic rings. The molecule has 0 bridgehead atoms. The molecule has 1 saturated carbocycles. The average Bonchev–Trinajstić information content (AvgIpc) is 2.41. The molecule has 4 nitrogen and oxygen atoms in total. The zero-order valence-corrected chi connectivity index (χ0v) is 11.4. The number of hydrogen-bond donors (Lipinski definition) is 2. The minimum Gasteiger partial charge on any atom is -0.476 e. The van der Waals surface area contributed by atoms with E-state index in [1.807, 2.05) is 0 Å². The Bertz CT molecular complexity index is 426. The second-order valence-electron chi connectivity index (χ2n) is 5.55. The molecule has 0 atom stereocenters. The smallest absolute Gasteiger partial charge is 0.356 e. The van der Waals surface area contributed by atoms with Crippen LogP contribution in [0.3, 0.4) is 0 Å². The highest BCUT2D eigenvalue weighted by Gasteiger charge is 2.18. The summed E-state index contributed by atoms with van der Waals surface area (Å²) in [6, 6.07) is 3.54. The van der Waals surface area contributed by atoms with Gasteiger partial charge in [0.1, 0.15) is 0 Å². The molecule has 1 aromatic rings. The lowest BCUT2D eigenvalue weighted by molar-refractivity contribution is 0.0691. The molecule has 19 heavy (non-hydrogen) atoms. The largest absolute Gasteiger partial charge is 0.476 e. The second-order valence-corrected chi connectivity index (χ2v) is 5.55. The number of carbonyl (C=O) groups is 1. The fraction of sp³-hybridized carbons (Fsp3) is 0.600. The SMILES string of the molecule is CC1CCC(CCNc2cccnc2C(=O)O)CC1. The predicted octanol–water partition coefficient (Wildman–Crippen LogP) is 3.41. The van der Waals surface area contributed by atoms with Crippen molar-refractivity contribution in [2.24, 2.45) is 11.8 Å². The highest BCUT2D eigenvalue weighted by molar-refractivity contribution is 5.91. The molecule has 1 aliphatic carbocycles. The average molecular weight is 262 g/mol. The van der Waals surface area contributed by atoms with Crippen LogP contribution in [-0.4, -0.2) is 22.6 Å². The zero-order chi connectivity index (χ0) is 13.7. The fourth-order valence-electron chi connectivity index (χ4n) is 2.75. The van der Waals surface area contributed by atoms with Gasteiger partial charge in [0.2, 0.25) is 0 Å². The van der Waals surface area contributed by atoms with E-state index in [4.69, 9.17) is 5.11 Å². The molecule has 1 heterocycles. The molecule has 0 amide bonds. The van der Waals surface area contributed by atoms with Crippen molar-refractivity contribution in [3.05, 3.63) is 24.0 Å². The molecule has 0 saturated heterocycles. The molecule has 4 heteroatoms. The van der Waals surface area contributed by atoms with Crippen molar-refractivity contribution < 1.29 is 9.90 Å². The third-order valence-corrected chi connectivity index (χ3v) is 4.01. The van der Waals surface area contributed by atoms with Crippen LogP contribution in [-0.2, 0) is 0 Å². The summed E-state index contributed by atoms with van der Waals surface area (Å²) in [6.07, 6.45) is 7.90. The highest BCUT2D eigenvalue weighted by atomic mass is 16.4. The van der Waals surface area contributed by atoms with Crippen LogP contribution in [0.25, 0.3) is 0 Å². The fourth-order valence-corrected chi connectivity index (χ4v) is 2.75. The third kappa shape index (κ3) is 3.94. The Labute approximate surface area is 114 Å². The Hall–Kier alpha value is -1.58. The van der Waals surface area contributed by atoms with E-state index in [2.05, 4.69) is 17.2 Å². The first-order valence-corrected chi connectivity index (χ1v) is 7.09. The Morgan fingerprint density at radius 3 is 2.84 bits per heavy atom. The van der Waals surface area contributed by atoms with E-state index in [-0.39, 0.29) is 5.69 Å². The van der Waals surface area contributed by atoms with Gasteiger partial charge in [-0.25, -0.2) is 9.78 Å². The van der Waals surface area contributed by atoms with E-state index in [1.165, 1.54) is 31.9 Å².